The number of hydrogen-bond acceptors (Lipinski definition) is 3. The van der Waals surface area contributed by atoms with Crippen LogP contribution in [0.25, 0.3) is 0 Å². The Bertz CT molecular complexity index is 568. The predicted molar refractivity (Wildman–Crippen MR) is 81.5 cm³/mol. The molecule has 6 heteroatoms. The van der Waals surface area contributed by atoms with Crippen LogP contribution < -0.4 is 10.6 Å². The van der Waals surface area contributed by atoms with Crippen LogP contribution >= 0.6 is 0 Å². The topological polar surface area (TPSA) is 95.5 Å². The Labute approximate surface area is 128 Å². The average Bonchev–Trinajstić information content (AvgIpc) is 2.98. The number of carboxylic acids is 1. The van der Waals surface area contributed by atoms with Crippen LogP contribution in [-0.4, -0.2) is 29.4 Å². The van der Waals surface area contributed by atoms with Gasteiger partial charge in [0.05, 0.1) is 5.92 Å². The Hall–Kier alpha value is -2.37. The number of aliphatic carboxylic acids is 1. The maximum atomic E-state index is 12.1. The van der Waals surface area contributed by atoms with Gasteiger partial charge in [0.15, 0.2) is 0 Å². The standard InChI is InChI=1S/C16H20N2O4/c1-2-17-14(19)10-5-7-13(8-6-10)18-15(20)11-3-4-12(9-11)16(21)22/h5-8,11-12H,2-4,9H2,1H3,(H,17,19)(H,18,20)(H,21,22)/t11-,12+/m1/s1. The van der Waals surface area contributed by atoms with Crippen molar-refractivity contribution >= 4 is 23.5 Å². The number of rotatable bonds is 5. The third-order valence-electron chi connectivity index (χ3n) is 3.90. The second kappa shape index (κ2) is 7.06. The van der Waals surface area contributed by atoms with E-state index in [1.54, 1.807) is 24.3 Å². The Morgan fingerprint density at radius 2 is 1.77 bits per heavy atom. The van der Waals surface area contributed by atoms with Crippen molar-refractivity contribution in [2.75, 3.05) is 11.9 Å². The van der Waals surface area contributed by atoms with Gasteiger partial charge < -0.3 is 15.7 Å². The lowest BCUT2D eigenvalue weighted by Crippen LogP contribution is -2.23. The number of amides is 2. The monoisotopic (exact) mass is 304 g/mol. The van der Waals surface area contributed by atoms with E-state index >= 15 is 0 Å². The summed E-state index contributed by atoms with van der Waals surface area (Å²) >= 11 is 0. The van der Waals surface area contributed by atoms with E-state index < -0.39 is 11.9 Å². The summed E-state index contributed by atoms with van der Waals surface area (Å²) in [6.07, 6.45) is 1.53. The molecule has 22 heavy (non-hydrogen) atoms. The lowest BCUT2D eigenvalue weighted by Gasteiger charge is -2.11. The van der Waals surface area contributed by atoms with Crippen LogP contribution in [0.1, 0.15) is 36.5 Å². The molecule has 0 radical (unpaired) electrons. The van der Waals surface area contributed by atoms with Gasteiger partial charge in [-0.3, -0.25) is 14.4 Å². The average molecular weight is 304 g/mol. The number of carboxylic acid groups (broad SMARTS) is 1. The maximum absolute atomic E-state index is 12.1. The minimum absolute atomic E-state index is 0.152. The van der Waals surface area contributed by atoms with Crippen LogP contribution in [0.2, 0.25) is 0 Å². The Morgan fingerprint density at radius 1 is 1.14 bits per heavy atom. The molecule has 2 amide bonds. The van der Waals surface area contributed by atoms with Gasteiger partial charge in [-0.2, -0.15) is 0 Å². The van der Waals surface area contributed by atoms with Crippen molar-refractivity contribution in [1.29, 1.82) is 0 Å². The largest absolute Gasteiger partial charge is 0.481 e. The molecule has 0 aliphatic heterocycles. The molecule has 2 rings (SSSR count). The first kappa shape index (κ1) is 16.0. The van der Waals surface area contributed by atoms with Gasteiger partial charge in [0, 0.05) is 23.7 Å². The smallest absolute Gasteiger partial charge is 0.306 e. The number of hydrogen-bond donors (Lipinski definition) is 3. The van der Waals surface area contributed by atoms with Crippen LogP contribution in [0.4, 0.5) is 5.69 Å². The van der Waals surface area contributed by atoms with Gasteiger partial charge in [0.25, 0.3) is 5.91 Å². The fraction of sp³-hybridized carbons (Fsp3) is 0.438. The fourth-order valence-electron chi connectivity index (χ4n) is 2.66. The first-order valence-electron chi connectivity index (χ1n) is 7.43. The van der Waals surface area contributed by atoms with E-state index in [9.17, 15) is 14.4 Å². The first-order valence-corrected chi connectivity index (χ1v) is 7.43. The second-order valence-electron chi connectivity index (χ2n) is 5.47. The Morgan fingerprint density at radius 3 is 2.32 bits per heavy atom. The number of nitrogens with one attached hydrogen (secondary N) is 2. The summed E-state index contributed by atoms with van der Waals surface area (Å²) in [5.74, 6) is -1.82. The van der Waals surface area contributed by atoms with Crippen molar-refractivity contribution in [3.63, 3.8) is 0 Å². The molecule has 0 spiro atoms. The molecule has 1 aromatic rings. The molecule has 0 saturated heterocycles. The van der Waals surface area contributed by atoms with Crippen molar-refractivity contribution in [3.8, 4) is 0 Å². The summed E-state index contributed by atoms with van der Waals surface area (Å²) in [4.78, 5) is 34.7. The Balaban J connectivity index is 1.92. The molecule has 1 aromatic carbocycles. The van der Waals surface area contributed by atoms with Gasteiger partial charge in [0.2, 0.25) is 5.91 Å². The highest BCUT2D eigenvalue weighted by atomic mass is 16.4. The van der Waals surface area contributed by atoms with Crippen LogP contribution in [-0.2, 0) is 9.59 Å². The van der Waals surface area contributed by atoms with E-state index in [1.165, 1.54) is 0 Å². The minimum Gasteiger partial charge on any atom is -0.481 e. The third kappa shape index (κ3) is 3.84. The van der Waals surface area contributed by atoms with Gasteiger partial charge in [-0.1, -0.05) is 0 Å². The van der Waals surface area contributed by atoms with Gasteiger partial charge in [-0.05, 0) is 50.5 Å². The summed E-state index contributed by atoms with van der Waals surface area (Å²) in [7, 11) is 0. The van der Waals surface area contributed by atoms with Crippen molar-refractivity contribution in [1.82, 2.24) is 5.32 Å². The first-order chi connectivity index (χ1) is 10.5. The zero-order valence-corrected chi connectivity index (χ0v) is 12.5. The molecule has 1 saturated carbocycles. The van der Waals surface area contributed by atoms with Crippen molar-refractivity contribution < 1.29 is 19.5 Å². The molecule has 0 heterocycles. The lowest BCUT2D eigenvalue weighted by molar-refractivity contribution is -0.141. The van der Waals surface area contributed by atoms with Crippen molar-refractivity contribution in [2.45, 2.75) is 26.2 Å². The van der Waals surface area contributed by atoms with Gasteiger partial charge in [-0.25, -0.2) is 0 Å². The number of carbonyl (C=O) groups is 3. The van der Waals surface area contributed by atoms with Crippen LogP contribution in [0.3, 0.4) is 0 Å². The highest BCUT2D eigenvalue weighted by molar-refractivity contribution is 5.96. The number of benzene rings is 1. The van der Waals surface area contributed by atoms with Gasteiger partial charge in [0.1, 0.15) is 0 Å². The molecule has 3 N–H and O–H groups in total. The highest BCUT2D eigenvalue weighted by Crippen LogP contribution is 2.31. The molecule has 6 nitrogen and oxygen atoms in total. The molecule has 1 aliphatic rings. The van der Waals surface area contributed by atoms with Crippen molar-refractivity contribution in [2.24, 2.45) is 11.8 Å². The molecule has 1 aliphatic carbocycles. The molecule has 2 atom stereocenters. The zero-order valence-electron chi connectivity index (χ0n) is 12.5. The van der Waals surface area contributed by atoms with Crippen LogP contribution in [0, 0.1) is 11.8 Å². The second-order valence-corrected chi connectivity index (χ2v) is 5.47. The predicted octanol–water partition coefficient (Wildman–Crippen LogP) is 1.88. The molecule has 0 bridgehead atoms. The van der Waals surface area contributed by atoms with E-state index in [0.717, 1.165) is 0 Å². The molecule has 0 unspecified atom stereocenters. The van der Waals surface area contributed by atoms with Crippen LogP contribution in [0.15, 0.2) is 24.3 Å². The molecule has 118 valence electrons. The van der Waals surface area contributed by atoms with Gasteiger partial charge in [-0.15, -0.1) is 0 Å². The lowest BCUT2D eigenvalue weighted by atomic mass is 10.0. The van der Waals surface area contributed by atoms with E-state index in [4.69, 9.17) is 5.11 Å². The van der Waals surface area contributed by atoms with E-state index in [0.29, 0.717) is 37.1 Å². The summed E-state index contributed by atoms with van der Waals surface area (Å²) < 4.78 is 0. The fourth-order valence-corrected chi connectivity index (χ4v) is 2.66. The third-order valence-corrected chi connectivity index (χ3v) is 3.90. The van der Waals surface area contributed by atoms with E-state index in [2.05, 4.69) is 10.6 Å². The molecular weight excluding hydrogens is 284 g/mol. The van der Waals surface area contributed by atoms with Crippen molar-refractivity contribution in [3.05, 3.63) is 29.8 Å². The van der Waals surface area contributed by atoms with E-state index in [1.807, 2.05) is 6.92 Å². The molecule has 0 aromatic heterocycles. The minimum atomic E-state index is -0.832. The number of anilines is 1. The quantitative estimate of drug-likeness (QED) is 0.774. The summed E-state index contributed by atoms with van der Waals surface area (Å²) in [6.45, 7) is 2.40. The zero-order chi connectivity index (χ0) is 16.1. The normalized spacial score (nSPS) is 20.4. The number of carbonyl (C=O) groups excluding carboxylic acids is 2. The SMILES string of the molecule is CCNC(=O)c1ccc(NC(=O)[C@@H]2CC[C@H](C(=O)O)C2)cc1. The maximum Gasteiger partial charge on any atom is 0.306 e. The van der Waals surface area contributed by atoms with Crippen LogP contribution in [0.5, 0.6) is 0 Å². The Kier molecular flexibility index (Phi) is 5.14. The summed E-state index contributed by atoms with van der Waals surface area (Å²) in [5, 5.41) is 14.4. The summed E-state index contributed by atoms with van der Waals surface area (Å²) in [6, 6.07) is 6.64. The van der Waals surface area contributed by atoms with Gasteiger partial charge >= 0.3 is 5.97 Å². The highest BCUT2D eigenvalue weighted by Gasteiger charge is 2.33. The summed E-state index contributed by atoms with van der Waals surface area (Å²) in [5.41, 5.74) is 1.14. The molecule has 1 fully saturated rings. The molecular formula is C16H20N2O4. The van der Waals surface area contributed by atoms with E-state index in [-0.39, 0.29) is 17.7 Å².